The first-order chi connectivity index (χ1) is 14.0. The molecule has 3 aromatic carbocycles. The molecule has 0 fully saturated rings. The lowest BCUT2D eigenvalue weighted by atomic mass is 9.97. The molecule has 29 heavy (non-hydrogen) atoms. The van der Waals surface area contributed by atoms with Gasteiger partial charge >= 0.3 is 0 Å². The van der Waals surface area contributed by atoms with Crippen LogP contribution in [0.2, 0.25) is 0 Å². The van der Waals surface area contributed by atoms with Crippen LogP contribution in [0.25, 0.3) is 0 Å². The van der Waals surface area contributed by atoms with E-state index in [1.54, 1.807) is 6.07 Å². The molecule has 3 aromatic rings. The monoisotopic (exact) mass is 402 g/mol. The van der Waals surface area contributed by atoms with E-state index >= 15 is 0 Å². The summed E-state index contributed by atoms with van der Waals surface area (Å²) in [6.45, 7) is 3.91. The predicted octanol–water partition coefficient (Wildman–Crippen LogP) is 4.95. The van der Waals surface area contributed by atoms with E-state index in [0.717, 1.165) is 16.0 Å². The van der Waals surface area contributed by atoms with E-state index in [-0.39, 0.29) is 23.1 Å². The molecule has 5 heteroatoms. The van der Waals surface area contributed by atoms with Crippen molar-refractivity contribution >= 4 is 29.3 Å². The highest BCUT2D eigenvalue weighted by Crippen LogP contribution is 2.36. The first-order valence-electron chi connectivity index (χ1n) is 9.55. The van der Waals surface area contributed by atoms with Crippen LogP contribution < -0.4 is 10.6 Å². The van der Waals surface area contributed by atoms with E-state index in [2.05, 4.69) is 10.6 Å². The van der Waals surface area contributed by atoms with E-state index < -0.39 is 0 Å². The highest BCUT2D eigenvalue weighted by molar-refractivity contribution is 8.00. The molecule has 1 aliphatic rings. The van der Waals surface area contributed by atoms with Crippen LogP contribution in [0, 0.1) is 6.92 Å². The fraction of sp³-hybridized carbons (Fsp3) is 0.167. The average Bonchev–Trinajstić information content (AvgIpc) is 2.74. The van der Waals surface area contributed by atoms with Gasteiger partial charge in [0.05, 0.1) is 17.0 Å². The third-order valence-corrected chi connectivity index (χ3v) is 6.17. The molecule has 0 aromatic heterocycles. The number of aryl methyl sites for hydroxylation is 1. The van der Waals surface area contributed by atoms with Crippen LogP contribution >= 0.6 is 11.8 Å². The third-order valence-electron chi connectivity index (χ3n) is 4.99. The molecule has 2 N–H and O–H groups in total. The van der Waals surface area contributed by atoms with Crippen molar-refractivity contribution in [2.45, 2.75) is 30.0 Å². The van der Waals surface area contributed by atoms with Crippen molar-refractivity contribution in [1.82, 2.24) is 5.32 Å². The number of thioether (sulfide) groups is 1. The Balaban J connectivity index is 1.63. The molecule has 0 bridgehead atoms. The van der Waals surface area contributed by atoms with Crippen LogP contribution in [0.15, 0.2) is 77.7 Å². The third kappa shape index (κ3) is 4.20. The molecule has 2 atom stereocenters. The SMILES string of the molecule is Cc1ccc(C(NC(=O)c2ccc3c(c2)NC(=O)C(C)S3)c2ccccc2)cc1. The molecular formula is C24H22N2O2S. The summed E-state index contributed by atoms with van der Waals surface area (Å²) in [6, 6.07) is 23.3. The van der Waals surface area contributed by atoms with Gasteiger partial charge in [-0.1, -0.05) is 60.2 Å². The van der Waals surface area contributed by atoms with E-state index in [9.17, 15) is 9.59 Å². The summed E-state index contributed by atoms with van der Waals surface area (Å²) in [5.41, 5.74) is 4.42. The summed E-state index contributed by atoms with van der Waals surface area (Å²) in [6.07, 6.45) is 0. The predicted molar refractivity (Wildman–Crippen MR) is 117 cm³/mol. The summed E-state index contributed by atoms with van der Waals surface area (Å²) in [7, 11) is 0. The first kappa shape index (κ1) is 19.3. The Hall–Kier alpha value is -3.05. The van der Waals surface area contributed by atoms with Gasteiger partial charge in [0, 0.05) is 10.5 Å². The Morgan fingerprint density at radius 3 is 2.41 bits per heavy atom. The van der Waals surface area contributed by atoms with Crippen molar-refractivity contribution in [3.8, 4) is 0 Å². The maximum absolute atomic E-state index is 13.1. The minimum atomic E-state index is -0.260. The number of amides is 2. The topological polar surface area (TPSA) is 58.2 Å². The molecule has 1 heterocycles. The Bertz CT molecular complexity index is 1050. The summed E-state index contributed by atoms with van der Waals surface area (Å²) < 4.78 is 0. The number of anilines is 1. The summed E-state index contributed by atoms with van der Waals surface area (Å²) in [4.78, 5) is 26.0. The molecule has 0 spiro atoms. The number of nitrogens with one attached hydrogen (secondary N) is 2. The number of hydrogen-bond acceptors (Lipinski definition) is 3. The average molecular weight is 403 g/mol. The molecule has 1 aliphatic heterocycles. The quantitative estimate of drug-likeness (QED) is 0.649. The molecule has 2 unspecified atom stereocenters. The van der Waals surface area contributed by atoms with Gasteiger partial charge in [-0.15, -0.1) is 11.8 Å². The van der Waals surface area contributed by atoms with Gasteiger partial charge in [0.1, 0.15) is 0 Å². The zero-order chi connectivity index (χ0) is 20.4. The second-order valence-corrected chi connectivity index (χ2v) is 8.57. The highest BCUT2D eigenvalue weighted by Gasteiger charge is 2.24. The molecule has 0 saturated heterocycles. The van der Waals surface area contributed by atoms with Crippen molar-refractivity contribution in [2.24, 2.45) is 0 Å². The van der Waals surface area contributed by atoms with E-state index in [4.69, 9.17) is 0 Å². The number of rotatable bonds is 4. The van der Waals surface area contributed by atoms with Crippen molar-refractivity contribution in [2.75, 3.05) is 5.32 Å². The van der Waals surface area contributed by atoms with Gasteiger partial charge < -0.3 is 10.6 Å². The maximum Gasteiger partial charge on any atom is 0.252 e. The lowest BCUT2D eigenvalue weighted by molar-refractivity contribution is -0.115. The normalized spacial score (nSPS) is 16.5. The lowest BCUT2D eigenvalue weighted by Crippen LogP contribution is -2.30. The van der Waals surface area contributed by atoms with Crippen molar-refractivity contribution in [3.05, 3.63) is 95.1 Å². The Morgan fingerprint density at radius 1 is 1.00 bits per heavy atom. The van der Waals surface area contributed by atoms with Gasteiger partial charge in [-0.3, -0.25) is 9.59 Å². The number of hydrogen-bond donors (Lipinski definition) is 2. The van der Waals surface area contributed by atoms with Crippen molar-refractivity contribution in [1.29, 1.82) is 0 Å². The van der Waals surface area contributed by atoms with Gasteiger partial charge in [0.25, 0.3) is 5.91 Å². The van der Waals surface area contributed by atoms with Crippen LogP contribution in [-0.4, -0.2) is 17.1 Å². The van der Waals surface area contributed by atoms with E-state index in [1.165, 1.54) is 17.3 Å². The van der Waals surface area contributed by atoms with Gasteiger partial charge in [-0.25, -0.2) is 0 Å². The van der Waals surface area contributed by atoms with E-state index in [0.29, 0.717) is 11.3 Å². The lowest BCUT2D eigenvalue weighted by Gasteiger charge is -2.23. The number of fused-ring (bicyclic) bond motifs is 1. The molecule has 146 valence electrons. The van der Waals surface area contributed by atoms with Crippen LogP contribution in [0.1, 0.15) is 40.0 Å². The van der Waals surface area contributed by atoms with Crippen LogP contribution in [0.5, 0.6) is 0 Å². The Labute approximate surface area is 174 Å². The van der Waals surface area contributed by atoms with Gasteiger partial charge in [0.2, 0.25) is 5.91 Å². The molecule has 2 amide bonds. The first-order valence-corrected chi connectivity index (χ1v) is 10.4. The van der Waals surface area contributed by atoms with E-state index in [1.807, 2.05) is 80.6 Å². The molecule has 0 saturated carbocycles. The van der Waals surface area contributed by atoms with Gasteiger partial charge in [0.15, 0.2) is 0 Å². The zero-order valence-electron chi connectivity index (χ0n) is 16.3. The molecule has 0 aliphatic carbocycles. The van der Waals surface area contributed by atoms with Gasteiger partial charge in [-0.05, 0) is 43.2 Å². The number of benzene rings is 3. The summed E-state index contributed by atoms with van der Waals surface area (Å²) in [5, 5.41) is 5.91. The molecule has 4 nitrogen and oxygen atoms in total. The highest BCUT2D eigenvalue weighted by atomic mass is 32.2. The zero-order valence-corrected chi connectivity index (χ0v) is 17.1. The Kier molecular flexibility index (Phi) is 5.41. The molecule has 4 rings (SSSR count). The summed E-state index contributed by atoms with van der Waals surface area (Å²) >= 11 is 1.51. The smallest absolute Gasteiger partial charge is 0.252 e. The standard InChI is InChI=1S/C24H22N2O2S/c1-15-8-10-18(11-9-15)22(17-6-4-3-5-7-17)26-24(28)19-12-13-21-20(14-19)25-23(27)16(2)29-21/h3-14,16,22H,1-2H3,(H,25,27)(H,26,28). The van der Waals surface area contributed by atoms with Gasteiger partial charge in [-0.2, -0.15) is 0 Å². The number of carbonyl (C=O) groups is 2. The minimum absolute atomic E-state index is 0.0399. The fourth-order valence-corrected chi connectivity index (χ4v) is 4.26. The Morgan fingerprint density at radius 2 is 1.69 bits per heavy atom. The molecule has 0 radical (unpaired) electrons. The second-order valence-electron chi connectivity index (χ2n) is 7.19. The maximum atomic E-state index is 13.1. The van der Waals surface area contributed by atoms with Crippen molar-refractivity contribution < 1.29 is 9.59 Å². The second kappa shape index (κ2) is 8.13. The van der Waals surface area contributed by atoms with Crippen molar-refractivity contribution in [3.63, 3.8) is 0 Å². The number of carbonyl (C=O) groups excluding carboxylic acids is 2. The largest absolute Gasteiger partial charge is 0.341 e. The fourth-order valence-electron chi connectivity index (χ4n) is 3.33. The van der Waals surface area contributed by atoms with Crippen LogP contribution in [0.4, 0.5) is 5.69 Å². The van der Waals surface area contributed by atoms with Crippen LogP contribution in [-0.2, 0) is 4.79 Å². The molecular weight excluding hydrogens is 380 g/mol. The minimum Gasteiger partial charge on any atom is -0.341 e. The van der Waals surface area contributed by atoms with Crippen LogP contribution in [0.3, 0.4) is 0 Å². The summed E-state index contributed by atoms with van der Waals surface area (Å²) in [5.74, 6) is -0.220.